The Kier molecular flexibility index (Phi) is 5.39. The standard InChI is InChI=1S/C4Cl6O4/c5-3(6,7)13-1(11)2(12)14-4(8,9)10. The third-order valence-corrected chi connectivity index (χ3v) is 1.05. The Morgan fingerprint density at radius 2 is 0.929 bits per heavy atom. The van der Waals surface area contributed by atoms with Gasteiger partial charge >= 0.3 is 19.9 Å². The Labute approximate surface area is 108 Å². The van der Waals surface area contributed by atoms with Crippen LogP contribution in [0.5, 0.6) is 0 Å². The van der Waals surface area contributed by atoms with Gasteiger partial charge in [-0.3, -0.25) is 0 Å². The van der Waals surface area contributed by atoms with Crippen molar-refractivity contribution in [1.82, 2.24) is 0 Å². The van der Waals surface area contributed by atoms with Gasteiger partial charge in [0, 0.05) is 0 Å². The normalized spacial score (nSPS) is 12.1. The number of hydrogen-bond donors (Lipinski definition) is 0. The zero-order valence-electron chi connectivity index (χ0n) is 5.90. The monoisotopic (exact) mass is 322 g/mol. The fourth-order valence-electron chi connectivity index (χ4n) is 0.294. The van der Waals surface area contributed by atoms with Crippen LogP contribution in [-0.4, -0.2) is 19.9 Å². The van der Waals surface area contributed by atoms with Gasteiger partial charge in [-0.1, -0.05) is 0 Å². The van der Waals surface area contributed by atoms with Gasteiger partial charge in [-0.25, -0.2) is 9.59 Å². The van der Waals surface area contributed by atoms with Gasteiger partial charge < -0.3 is 9.47 Å². The molecule has 0 aliphatic heterocycles. The molecule has 0 aromatic heterocycles. The third kappa shape index (κ3) is 8.03. The summed E-state index contributed by atoms with van der Waals surface area (Å²) < 4.78 is 3.13. The number of ether oxygens (including phenoxy) is 2. The number of carbonyl (C=O) groups excluding carboxylic acids is 2. The fourth-order valence-corrected chi connectivity index (χ4v) is 0.714. The maximum Gasteiger partial charge on any atom is 0.421 e. The van der Waals surface area contributed by atoms with E-state index in [0.29, 0.717) is 0 Å². The van der Waals surface area contributed by atoms with Gasteiger partial charge in [0.2, 0.25) is 0 Å². The van der Waals surface area contributed by atoms with E-state index in [9.17, 15) is 9.59 Å². The number of esters is 2. The van der Waals surface area contributed by atoms with Crippen molar-refractivity contribution in [3.8, 4) is 0 Å². The van der Waals surface area contributed by atoms with E-state index in [1.165, 1.54) is 0 Å². The van der Waals surface area contributed by atoms with E-state index in [-0.39, 0.29) is 0 Å². The summed E-state index contributed by atoms with van der Waals surface area (Å²) in [7, 11) is 0. The number of carbonyl (C=O) groups is 2. The molecule has 0 amide bonds. The van der Waals surface area contributed by atoms with Gasteiger partial charge in [0.25, 0.3) is 0 Å². The van der Waals surface area contributed by atoms with Crippen LogP contribution in [0.2, 0.25) is 0 Å². The summed E-state index contributed by atoms with van der Waals surface area (Å²) in [5.41, 5.74) is 0. The highest BCUT2D eigenvalue weighted by molar-refractivity contribution is 6.68. The van der Waals surface area contributed by atoms with Crippen LogP contribution in [0.1, 0.15) is 0 Å². The molecule has 0 radical (unpaired) electrons. The summed E-state index contributed by atoms with van der Waals surface area (Å²) >= 11 is 30.1. The Morgan fingerprint density at radius 1 is 0.714 bits per heavy atom. The molecule has 0 aliphatic carbocycles. The quantitative estimate of drug-likeness (QED) is 0.390. The zero-order chi connectivity index (χ0) is 11.6. The molecule has 0 saturated heterocycles. The molecular formula is C4Cl6O4. The Bertz CT molecular complexity index is 213. The van der Waals surface area contributed by atoms with Crippen LogP contribution in [0.25, 0.3) is 0 Å². The molecule has 0 aliphatic rings. The molecule has 0 saturated carbocycles. The summed E-state index contributed by atoms with van der Waals surface area (Å²) in [6.45, 7) is 0. The van der Waals surface area contributed by atoms with E-state index in [0.717, 1.165) is 0 Å². The van der Waals surface area contributed by atoms with Crippen molar-refractivity contribution in [2.45, 2.75) is 7.96 Å². The van der Waals surface area contributed by atoms with Gasteiger partial charge in [-0.05, 0) is 69.6 Å². The molecule has 0 atom stereocenters. The van der Waals surface area contributed by atoms with Gasteiger partial charge in [-0.2, -0.15) is 0 Å². The molecule has 0 aromatic rings. The SMILES string of the molecule is O=C(OC(Cl)(Cl)Cl)C(=O)OC(Cl)(Cl)Cl. The first-order valence-electron chi connectivity index (χ1n) is 2.61. The minimum absolute atomic E-state index is 1.60. The Balaban J connectivity index is 4.22. The van der Waals surface area contributed by atoms with Crippen LogP contribution >= 0.6 is 69.6 Å². The lowest BCUT2D eigenvalue weighted by Gasteiger charge is -2.13. The maximum atomic E-state index is 10.7. The lowest BCUT2D eigenvalue weighted by Crippen LogP contribution is -2.29. The van der Waals surface area contributed by atoms with E-state index >= 15 is 0 Å². The second kappa shape index (κ2) is 5.14. The number of rotatable bonds is 0. The van der Waals surface area contributed by atoms with Crippen molar-refractivity contribution in [3.05, 3.63) is 0 Å². The first-order chi connectivity index (χ1) is 6.01. The summed E-state index contributed by atoms with van der Waals surface area (Å²) in [5, 5.41) is 0. The number of hydrogen-bond acceptors (Lipinski definition) is 4. The van der Waals surface area contributed by atoms with Crippen LogP contribution in [0.15, 0.2) is 0 Å². The molecule has 14 heavy (non-hydrogen) atoms. The van der Waals surface area contributed by atoms with Gasteiger partial charge in [0.1, 0.15) is 0 Å². The second-order valence-electron chi connectivity index (χ2n) is 1.67. The van der Waals surface area contributed by atoms with Crippen LogP contribution in [0.3, 0.4) is 0 Å². The van der Waals surface area contributed by atoms with Crippen molar-refractivity contribution in [2.24, 2.45) is 0 Å². The molecule has 0 N–H and O–H groups in total. The molecule has 0 bridgehead atoms. The molecule has 0 rings (SSSR count). The molecule has 0 unspecified atom stereocenters. The van der Waals surface area contributed by atoms with E-state index in [2.05, 4.69) is 9.47 Å². The van der Waals surface area contributed by atoms with Crippen LogP contribution < -0.4 is 0 Å². The predicted octanol–water partition coefficient (Wildman–Crippen LogP) is 2.73. The topological polar surface area (TPSA) is 52.6 Å². The van der Waals surface area contributed by atoms with Gasteiger partial charge in [-0.15, -0.1) is 0 Å². The van der Waals surface area contributed by atoms with Crippen molar-refractivity contribution in [2.75, 3.05) is 0 Å². The first kappa shape index (κ1) is 14.7. The fraction of sp³-hybridized carbons (Fsp3) is 0.500. The summed E-state index contributed by atoms with van der Waals surface area (Å²) in [6, 6.07) is 0. The molecule has 4 nitrogen and oxygen atoms in total. The second-order valence-corrected chi connectivity index (χ2v) is 6.02. The number of alkyl halides is 6. The average molecular weight is 325 g/mol. The smallest absolute Gasteiger partial charge is 0.406 e. The van der Waals surface area contributed by atoms with Gasteiger partial charge in [0.05, 0.1) is 0 Å². The minimum atomic E-state index is -2.39. The van der Waals surface area contributed by atoms with Gasteiger partial charge in [0.15, 0.2) is 0 Å². The lowest BCUT2D eigenvalue weighted by molar-refractivity contribution is -0.168. The number of halogens is 6. The molecular weight excluding hydrogens is 325 g/mol. The van der Waals surface area contributed by atoms with Crippen molar-refractivity contribution < 1.29 is 19.1 Å². The van der Waals surface area contributed by atoms with Crippen molar-refractivity contribution in [1.29, 1.82) is 0 Å². The average Bonchev–Trinajstić information content (AvgIpc) is 1.78. The minimum Gasteiger partial charge on any atom is -0.406 e. The van der Waals surface area contributed by atoms with E-state index in [4.69, 9.17) is 69.6 Å². The van der Waals surface area contributed by atoms with E-state index < -0.39 is 19.9 Å². The molecule has 0 spiro atoms. The molecule has 0 aromatic carbocycles. The highest BCUT2D eigenvalue weighted by Crippen LogP contribution is 2.30. The summed E-state index contributed by atoms with van der Waals surface area (Å²) in [6.07, 6.45) is 0. The predicted molar refractivity (Wildman–Crippen MR) is 52.8 cm³/mol. The van der Waals surface area contributed by atoms with E-state index in [1.807, 2.05) is 0 Å². The first-order valence-corrected chi connectivity index (χ1v) is 4.88. The van der Waals surface area contributed by atoms with Crippen LogP contribution in [0, 0.1) is 0 Å². The van der Waals surface area contributed by atoms with E-state index in [1.54, 1.807) is 0 Å². The maximum absolute atomic E-state index is 10.7. The lowest BCUT2D eigenvalue weighted by atomic mass is 10.7. The molecule has 0 heterocycles. The molecule has 10 heteroatoms. The third-order valence-electron chi connectivity index (χ3n) is 0.584. The highest BCUT2D eigenvalue weighted by atomic mass is 35.6. The van der Waals surface area contributed by atoms with Crippen LogP contribution in [-0.2, 0) is 19.1 Å². The van der Waals surface area contributed by atoms with Crippen LogP contribution in [0.4, 0.5) is 0 Å². The largest absolute Gasteiger partial charge is 0.421 e. The van der Waals surface area contributed by atoms with Crippen molar-refractivity contribution in [3.63, 3.8) is 0 Å². The molecule has 82 valence electrons. The Morgan fingerprint density at radius 3 is 1.07 bits per heavy atom. The molecule has 0 fully saturated rings. The Hall–Kier alpha value is 0.680. The zero-order valence-corrected chi connectivity index (χ0v) is 10.4. The summed E-state index contributed by atoms with van der Waals surface area (Å²) in [4.78, 5) is 21.4. The van der Waals surface area contributed by atoms with Crippen molar-refractivity contribution >= 4 is 81.5 Å². The summed E-state index contributed by atoms with van der Waals surface area (Å²) in [5.74, 6) is -3.20. The highest BCUT2D eigenvalue weighted by Gasteiger charge is 2.35.